The first-order valence-electron chi connectivity index (χ1n) is 6.63. The number of rotatable bonds is 7. The second-order valence-corrected chi connectivity index (χ2v) is 9.29. The van der Waals surface area contributed by atoms with Gasteiger partial charge < -0.3 is 5.32 Å². The molecule has 0 aliphatic heterocycles. The van der Waals surface area contributed by atoms with Crippen LogP contribution in [0.3, 0.4) is 0 Å². The molecular formula is C12H25NO3S2. The molecule has 6 heteroatoms. The van der Waals surface area contributed by atoms with E-state index in [2.05, 4.69) is 19.2 Å². The molecule has 0 heterocycles. The van der Waals surface area contributed by atoms with Crippen LogP contribution in [0.5, 0.6) is 0 Å². The van der Waals surface area contributed by atoms with Crippen molar-refractivity contribution in [3.05, 3.63) is 0 Å². The summed E-state index contributed by atoms with van der Waals surface area (Å²) in [4.78, 5) is 0. The Morgan fingerprint density at radius 2 is 2.00 bits per heavy atom. The molecule has 4 nitrogen and oxygen atoms in total. The van der Waals surface area contributed by atoms with Crippen LogP contribution in [-0.4, -0.2) is 48.2 Å². The third-order valence-corrected chi connectivity index (χ3v) is 6.78. The van der Waals surface area contributed by atoms with Crippen LogP contribution in [0.15, 0.2) is 0 Å². The summed E-state index contributed by atoms with van der Waals surface area (Å²) in [7, 11) is -4.02. The lowest BCUT2D eigenvalue weighted by molar-refractivity contribution is 0.429. The second-order valence-electron chi connectivity index (χ2n) is 5.25. The van der Waals surface area contributed by atoms with Crippen molar-refractivity contribution in [3.63, 3.8) is 0 Å². The normalized spacial score (nSPS) is 30.5. The fourth-order valence-electron chi connectivity index (χ4n) is 2.50. The molecule has 1 fully saturated rings. The molecule has 0 radical (unpaired) electrons. The van der Waals surface area contributed by atoms with Gasteiger partial charge in [0.25, 0.3) is 0 Å². The zero-order chi connectivity index (χ0) is 13.8. The van der Waals surface area contributed by atoms with E-state index in [0.717, 1.165) is 25.8 Å². The van der Waals surface area contributed by atoms with E-state index in [1.54, 1.807) is 0 Å². The van der Waals surface area contributed by atoms with Crippen molar-refractivity contribution in [1.29, 1.82) is 0 Å². The number of hydrogen-bond acceptors (Lipinski definition) is 4. The Morgan fingerprint density at radius 3 is 2.56 bits per heavy atom. The summed E-state index contributed by atoms with van der Waals surface area (Å²) in [6.45, 7) is 5.26. The van der Waals surface area contributed by atoms with Gasteiger partial charge in [-0.15, -0.1) is 0 Å². The van der Waals surface area contributed by atoms with Gasteiger partial charge in [0.15, 0.2) is 0 Å². The Bertz CT molecular complexity index is 381. The lowest BCUT2D eigenvalue weighted by Crippen LogP contribution is -2.36. The van der Waals surface area contributed by atoms with E-state index in [9.17, 15) is 12.6 Å². The molecule has 1 saturated carbocycles. The van der Waals surface area contributed by atoms with Gasteiger partial charge >= 0.3 is 0 Å². The second kappa shape index (κ2) is 7.01. The van der Waals surface area contributed by atoms with Crippen molar-refractivity contribution < 1.29 is 12.6 Å². The summed E-state index contributed by atoms with van der Waals surface area (Å²) in [5.41, 5.74) is 0. The van der Waals surface area contributed by atoms with E-state index in [-0.39, 0.29) is 16.8 Å². The fraction of sp³-hybridized carbons (Fsp3) is 1.00. The number of nitrogens with one attached hydrogen (secondary N) is 1. The van der Waals surface area contributed by atoms with Gasteiger partial charge in [0, 0.05) is 34.1 Å². The molecule has 1 aliphatic rings. The minimum Gasteiger partial charge on any atom is -0.314 e. The van der Waals surface area contributed by atoms with Crippen molar-refractivity contribution in [2.24, 2.45) is 5.92 Å². The molecule has 0 amide bonds. The average molecular weight is 295 g/mol. The molecule has 108 valence electrons. The smallest absolute Gasteiger partial charge is 0.148 e. The molecular weight excluding hydrogens is 270 g/mol. The first-order chi connectivity index (χ1) is 8.35. The highest BCUT2D eigenvalue weighted by atomic mass is 32.2. The van der Waals surface area contributed by atoms with Gasteiger partial charge in [0.1, 0.15) is 9.84 Å². The maximum Gasteiger partial charge on any atom is 0.148 e. The quantitative estimate of drug-likeness (QED) is 0.759. The van der Waals surface area contributed by atoms with Crippen molar-refractivity contribution >= 4 is 20.6 Å². The fourth-order valence-corrected chi connectivity index (χ4v) is 5.74. The Kier molecular flexibility index (Phi) is 6.27. The SMILES string of the molecule is CCCNC1CCC(S(=O)CCS(C)(=O)=O)C1C. The highest BCUT2D eigenvalue weighted by Gasteiger charge is 2.35. The van der Waals surface area contributed by atoms with Gasteiger partial charge in [-0.25, -0.2) is 8.42 Å². The van der Waals surface area contributed by atoms with Crippen LogP contribution in [0, 0.1) is 5.92 Å². The molecule has 0 aromatic carbocycles. The van der Waals surface area contributed by atoms with Gasteiger partial charge in [-0.2, -0.15) is 0 Å². The van der Waals surface area contributed by atoms with Crippen LogP contribution in [-0.2, 0) is 20.6 Å². The molecule has 1 aliphatic carbocycles. The van der Waals surface area contributed by atoms with Crippen molar-refractivity contribution in [2.45, 2.75) is 44.4 Å². The van der Waals surface area contributed by atoms with Gasteiger partial charge in [0.2, 0.25) is 0 Å². The molecule has 1 rings (SSSR count). The van der Waals surface area contributed by atoms with Gasteiger partial charge in [-0.1, -0.05) is 13.8 Å². The topological polar surface area (TPSA) is 63.2 Å². The van der Waals surface area contributed by atoms with Crippen molar-refractivity contribution in [3.8, 4) is 0 Å². The lowest BCUT2D eigenvalue weighted by Gasteiger charge is -2.21. The maximum atomic E-state index is 12.1. The minimum atomic E-state index is -3.00. The van der Waals surface area contributed by atoms with E-state index < -0.39 is 20.6 Å². The average Bonchev–Trinajstić information content (AvgIpc) is 2.64. The third kappa shape index (κ3) is 4.97. The summed E-state index contributed by atoms with van der Waals surface area (Å²) in [5, 5.41) is 3.64. The van der Waals surface area contributed by atoms with E-state index in [4.69, 9.17) is 0 Å². The Balaban J connectivity index is 2.45. The Labute approximate surface area is 113 Å². The van der Waals surface area contributed by atoms with Crippen LogP contribution >= 0.6 is 0 Å². The van der Waals surface area contributed by atoms with Crippen molar-refractivity contribution in [1.82, 2.24) is 5.32 Å². The molecule has 0 saturated heterocycles. The molecule has 0 aromatic heterocycles. The van der Waals surface area contributed by atoms with E-state index in [1.165, 1.54) is 6.26 Å². The number of sulfone groups is 1. The van der Waals surface area contributed by atoms with E-state index in [0.29, 0.717) is 12.0 Å². The van der Waals surface area contributed by atoms with Crippen molar-refractivity contribution in [2.75, 3.05) is 24.3 Å². The van der Waals surface area contributed by atoms with Crippen LogP contribution < -0.4 is 5.32 Å². The molecule has 0 bridgehead atoms. The Morgan fingerprint density at radius 1 is 1.33 bits per heavy atom. The third-order valence-electron chi connectivity index (χ3n) is 3.63. The molecule has 18 heavy (non-hydrogen) atoms. The monoisotopic (exact) mass is 295 g/mol. The molecule has 0 spiro atoms. The predicted molar refractivity (Wildman–Crippen MR) is 77.0 cm³/mol. The van der Waals surface area contributed by atoms with Crippen LogP contribution in [0.2, 0.25) is 0 Å². The number of hydrogen-bond donors (Lipinski definition) is 1. The Hall–Kier alpha value is 0.0600. The molecule has 4 atom stereocenters. The van der Waals surface area contributed by atoms with Gasteiger partial charge in [-0.05, 0) is 31.7 Å². The maximum absolute atomic E-state index is 12.1. The zero-order valence-electron chi connectivity index (χ0n) is 11.5. The summed E-state index contributed by atoms with van der Waals surface area (Å²) in [6.07, 6.45) is 4.30. The van der Waals surface area contributed by atoms with Crippen LogP contribution in [0.4, 0.5) is 0 Å². The molecule has 4 unspecified atom stereocenters. The van der Waals surface area contributed by atoms with Crippen LogP contribution in [0.1, 0.15) is 33.1 Å². The van der Waals surface area contributed by atoms with Gasteiger partial charge in [-0.3, -0.25) is 4.21 Å². The lowest BCUT2D eigenvalue weighted by atomic mass is 10.1. The van der Waals surface area contributed by atoms with Gasteiger partial charge in [0.05, 0.1) is 5.75 Å². The van der Waals surface area contributed by atoms with E-state index >= 15 is 0 Å². The summed E-state index contributed by atoms with van der Waals surface area (Å²) >= 11 is 0. The minimum absolute atomic E-state index is 0.0376. The summed E-state index contributed by atoms with van der Waals surface area (Å²) in [5.74, 6) is 0.696. The summed E-state index contributed by atoms with van der Waals surface area (Å²) < 4.78 is 34.3. The van der Waals surface area contributed by atoms with E-state index in [1.807, 2.05) is 0 Å². The first-order valence-corrected chi connectivity index (χ1v) is 10.1. The molecule has 0 aromatic rings. The highest BCUT2D eigenvalue weighted by Crippen LogP contribution is 2.30. The molecule has 1 N–H and O–H groups in total. The largest absolute Gasteiger partial charge is 0.314 e. The highest BCUT2D eigenvalue weighted by molar-refractivity contribution is 7.92. The predicted octanol–water partition coefficient (Wildman–Crippen LogP) is 0.946. The first kappa shape index (κ1) is 16.1. The van der Waals surface area contributed by atoms with Crippen LogP contribution in [0.25, 0.3) is 0 Å². The summed E-state index contributed by atoms with van der Waals surface area (Å²) in [6, 6.07) is 0.442. The standard InChI is InChI=1S/C12H25NO3S2/c1-4-7-13-11-5-6-12(10(11)2)17(14)8-9-18(3,15)16/h10-13H,4-9H2,1-3H3. The zero-order valence-corrected chi connectivity index (χ0v) is 13.1.